The van der Waals surface area contributed by atoms with Gasteiger partial charge in [0.25, 0.3) is 0 Å². The van der Waals surface area contributed by atoms with Crippen molar-refractivity contribution >= 4 is 0 Å². The van der Waals surface area contributed by atoms with Gasteiger partial charge in [-0.2, -0.15) is 0 Å². The van der Waals surface area contributed by atoms with Crippen molar-refractivity contribution < 1.29 is 9.47 Å². The molecule has 0 aromatic rings. The molecule has 1 unspecified atom stereocenters. The van der Waals surface area contributed by atoms with E-state index in [2.05, 4.69) is 45.9 Å². The number of hydrogen-bond donors (Lipinski definition) is 0. The van der Waals surface area contributed by atoms with Gasteiger partial charge in [-0.25, -0.2) is 0 Å². The molecule has 0 bridgehead atoms. The van der Waals surface area contributed by atoms with Crippen LogP contribution in [0.1, 0.15) is 80.1 Å². The van der Waals surface area contributed by atoms with Gasteiger partial charge >= 0.3 is 0 Å². The van der Waals surface area contributed by atoms with Gasteiger partial charge in [-0.3, -0.25) is 0 Å². The Balaban J connectivity index is 2.22. The Bertz CT molecular complexity index is 490. The molecule has 1 atom stereocenters. The number of allylic oxidation sites excluding steroid dienone is 7. The zero-order chi connectivity index (χ0) is 17.3. The molecule has 0 aromatic carbocycles. The zero-order valence-corrected chi connectivity index (χ0v) is 15.9. The molecule has 0 aliphatic carbocycles. The maximum atomic E-state index is 5.69. The summed E-state index contributed by atoms with van der Waals surface area (Å²) in [5.74, 6) is 0.393. The molecule has 0 saturated heterocycles. The quantitative estimate of drug-likeness (QED) is 0.435. The average molecular weight is 319 g/mol. The van der Waals surface area contributed by atoms with Gasteiger partial charge in [0.2, 0.25) is 5.79 Å². The zero-order valence-electron chi connectivity index (χ0n) is 15.9. The van der Waals surface area contributed by atoms with Crippen molar-refractivity contribution in [3.8, 4) is 0 Å². The smallest absolute Gasteiger partial charge is 0.247 e. The van der Waals surface area contributed by atoms with E-state index in [9.17, 15) is 0 Å². The van der Waals surface area contributed by atoms with Gasteiger partial charge in [0.1, 0.15) is 12.0 Å². The van der Waals surface area contributed by atoms with E-state index < -0.39 is 5.79 Å². The minimum absolute atomic E-state index is 0.470. The van der Waals surface area contributed by atoms with Crippen LogP contribution in [0.3, 0.4) is 0 Å². The molecule has 0 spiro atoms. The Labute approximate surface area is 143 Å². The van der Waals surface area contributed by atoms with Gasteiger partial charge in [0.15, 0.2) is 0 Å². The molecular formula is C21H34O2. The molecule has 1 heterocycles. The Morgan fingerprint density at radius 2 is 1.52 bits per heavy atom. The third-order valence-electron chi connectivity index (χ3n) is 4.07. The van der Waals surface area contributed by atoms with Gasteiger partial charge in [0, 0.05) is 13.3 Å². The lowest BCUT2D eigenvalue weighted by Gasteiger charge is -2.23. The minimum atomic E-state index is -0.470. The van der Waals surface area contributed by atoms with Crippen LogP contribution in [0.4, 0.5) is 0 Å². The fourth-order valence-electron chi connectivity index (χ4n) is 2.63. The maximum Gasteiger partial charge on any atom is 0.247 e. The number of hydrogen-bond acceptors (Lipinski definition) is 2. The van der Waals surface area contributed by atoms with Crippen molar-refractivity contribution in [1.82, 2.24) is 0 Å². The van der Waals surface area contributed by atoms with Crippen molar-refractivity contribution in [3.63, 3.8) is 0 Å². The molecule has 2 nitrogen and oxygen atoms in total. The highest BCUT2D eigenvalue weighted by atomic mass is 16.7. The first-order valence-electron chi connectivity index (χ1n) is 8.79. The van der Waals surface area contributed by atoms with Crippen LogP contribution in [0.25, 0.3) is 0 Å². The van der Waals surface area contributed by atoms with Crippen LogP contribution in [0.2, 0.25) is 0 Å². The Morgan fingerprint density at radius 3 is 2.04 bits per heavy atom. The first kappa shape index (κ1) is 19.6. The predicted molar refractivity (Wildman–Crippen MR) is 99.0 cm³/mol. The fraction of sp³-hybridized carbons (Fsp3) is 0.619. The normalized spacial score (nSPS) is 21.6. The molecule has 130 valence electrons. The van der Waals surface area contributed by atoms with E-state index in [4.69, 9.17) is 9.47 Å². The average Bonchev–Trinajstić information content (AvgIpc) is 2.78. The Kier molecular flexibility index (Phi) is 8.22. The summed E-state index contributed by atoms with van der Waals surface area (Å²) in [7, 11) is 0. The van der Waals surface area contributed by atoms with Crippen molar-refractivity contribution in [2.45, 2.75) is 85.9 Å². The second-order valence-corrected chi connectivity index (χ2v) is 7.08. The van der Waals surface area contributed by atoms with E-state index in [1.807, 2.05) is 13.8 Å². The van der Waals surface area contributed by atoms with Crippen LogP contribution in [0.5, 0.6) is 0 Å². The van der Waals surface area contributed by atoms with Crippen LogP contribution < -0.4 is 0 Å². The summed E-state index contributed by atoms with van der Waals surface area (Å²) in [5.41, 5.74) is 4.35. The molecule has 23 heavy (non-hydrogen) atoms. The lowest BCUT2D eigenvalue weighted by atomic mass is 10.0. The maximum absolute atomic E-state index is 5.69. The summed E-state index contributed by atoms with van der Waals surface area (Å²) in [6.45, 7) is 12.7. The Hall–Kier alpha value is -1.44. The van der Waals surface area contributed by atoms with E-state index in [0.717, 1.165) is 37.9 Å². The summed E-state index contributed by atoms with van der Waals surface area (Å²) in [6, 6.07) is 0. The number of ether oxygens (including phenoxy) is 2. The van der Waals surface area contributed by atoms with Crippen molar-refractivity contribution in [2.24, 2.45) is 0 Å². The standard InChI is InChI=1S/C21H34O2/c1-17(2)10-7-11-18(3)12-8-13-19(4)14-9-15-21(6)22-16-20(5)23-21/h10,12,14,16H,7-9,11,13,15H2,1-6H3. The summed E-state index contributed by atoms with van der Waals surface area (Å²) < 4.78 is 11.3. The molecular weight excluding hydrogens is 284 g/mol. The molecule has 0 amide bonds. The van der Waals surface area contributed by atoms with E-state index in [0.29, 0.717) is 0 Å². The van der Waals surface area contributed by atoms with Gasteiger partial charge in [0.05, 0.1) is 0 Å². The van der Waals surface area contributed by atoms with Gasteiger partial charge in [-0.15, -0.1) is 0 Å². The van der Waals surface area contributed by atoms with E-state index >= 15 is 0 Å². The molecule has 0 fully saturated rings. The van der Waals surface area contributed by atoms with Gasteiger partial charge in [-0.05, 0) is 66.7 Å². The topological polar surface area (TPSA) is 18.5 Å². The van der Waals surface area contributed by atoms with Crippen LogP contribution in [0, 0.1) is 0 Å². The number of rotatable bonds is 9. The second kappa shape index (κ2) is 9.64. The molecule has 1 aliphatic rings. The van der Waals surface area contributed by atoms with Crippen LogP contribution >= 0.6 is 0 Å². The summed E-state index contributed by atoms with van der Waals surface area (Å²) in [4.78, 5) is 0. The van der Waals surface area contributed by atoms with E-state index in [1.165, 1.54) is 23.1 Å². The Morgan fingerprint density at radius 1 is 0.957 bits per heavy atom. The molecule has 0 saturated carbocycles. The van der Waals surface area contributed by atoms with Crippen molar-refractivity contribution in [2.75, 3.05) is 0 Å². The highest BCUT2D eigenvalue weighted by molar-refractivity contribution is 5.05. The van der Waals surface area contributed by atoms with Crippen LogP contribution in [0.15, 0.2) is 47.0 Å². The largest absolute Gasteiger partial charge is 0.457 e. The van der Waals surface area contributed by atoms with Crippen LogP contribution in [-0.4, -0.2) is 5.79 Å². The van der Waals surface area contributed by atoms with Gasteiger partial charge < -0.3 is 9.47 Å². The monoisotopic (exact) mass is 318 g/mol. The highest BCUT2D eigenvalue weighted by Gasteiger charge is 2.30. The molecule has 1 aliphatic heterocycles. The van der Waals surface area contributed by atoms with Gasteiger partial charge in [-0.1, -0.05) is 34.9 Å². The highest BCUT2D eigenvalue weighted by Crippen LogP contribution is 2.29. The molecule has 1 rings (SSSR count). The molecule has 0 radical (unpaired) electrons. The SMILES string of the molecule is CC(C)=CCCC(C)=CCCC(C)=CCCC1(C)OC=C(C)O1. The molecule has 0 N–H and O–H groups in total. The summed E-state index contributed by atoms with van der Waals surface area (Å²) in [6.07, 6.45) is 15.2. The lowest BCUT2D eigenvalue weighted by Crippen LogP contribution is -2.25. The van der Waals surface area contributed by atoms with Crippen molar-refractivity contribution in [3.05, 3.63) is 47.0 Å². The third kappa shape index (κ3) is 8.68. The molecule has 0 aromatic heterocycles. The third-order valence-corrected chi connectivity index (χ3v) is 4.07. The van der Waals surface area contributed by atoms with Crippen molar-refractivity contribution in [1.29, 1.82) is 0 Å². The predicted octanol–water partition coefficient (Wildman–Crippen LogP) is 6.81. The summed E-state index contributed by atoms with van der Waals surface area (Å²) >= 11 is 0. The fourth-order valence-corrected chi connectivity index (χ4v) is 2.63. The second-order valence-electron chi connectivity index (χ2n) is 7.08. The lowest BCUT2D eigenvalue weighted by molar-refractivity contribution is -0.136. The molecule has 2 heteroatoms. The summed E-state index contributed by atoms with van der Waals surface area (Å²) in [5, 5.41) is 0. The first-order chi connectivity index (χ1) is 10.8. The van der Waals surface area contributed by atoms with Crippen LogP contribution in [-0.2, 0) is 9.47 Å². The van der Waals surface area contributed by atoms with E-state index in [-0.39, 0.29) is 0 Å². The van der Waals surface area contributed by atoms with E-state index in [1.54, 1.807) is 6.26 Å². The minimum Gasteiger partial charge on any atom is -0.457 e. The first-order valence-corrected chi connectivity index (χ1v) is 8.79.